The third kappa shape index (κ3) is 6.70. The summed E-state index contributed by atoms with van der Waals surface area (Å²) < 4.78 is 5.30. The monoisotopic (exact) mass is 507 g/mol. The number of aliphatic carboxylic acids is 1. The van der Waals surface area contributed by atoms with Gasteiger partial charge in [-0.15, -0.1) is 0 Å². The summed E-state index contributed by atoms with van der Waals surface area (Å²) in [5.41, 5.74) is 4.87. The molecule has 4 rings (SSSR count). The molecule has 2 aromatic carbocycles. The number of rotatable bonds is 10. The van der Waals surface area contributed by atoms with Gasteiger partial charge in [-0.1, -0.05) is 30.3 Å². The summed E-state index contributed by atoms with van der Waals surface area (Å²) in [5, 5.41) is 15.9. The van der Waals surface area contributed by atoms with Gasteiger partial charge < -0.3 is 20.5 Å². The van der Waals surface area contributed by atoms with E-state index < -0.39 is 12.0 Å². The molecule has 2 aromatic rings. The molecule has 7 nitrogen and oxygen atoms in total. The molecule has 2 aliphatic rings. The first-order chi connectivity index (χ1) is 17.7. The number of carbonyl (C=O) groups is 2. The standard InChI is InChI=1S/C30H41N3O4/c1-30(2,3)33-18-25(22-10-12-24(37-4)13-11-22)26(19-33)28(34)32-15-14-31-27(29(35)36)17-20-8-9-21-6-5-7-23(21)16-20/h8-13,16,25-27,31H,5-7,14-15,17-19H2,1-4H3,(H,32,34)(H,35,36)/t25?,26?,27-/m0/s1. The van der Waals surface area contributed by atoms with Crippen molar-refractivity contribution in [2.75, 3.05) is 33.3 Å². The average Bonchev–Trinajstić information content (AvgIpc) is 3.53. The van der Waals surface area contributed by atoms with E-state index in [1.165, 1.54) is 17.5 Å². The second kappa shape index (κ2) is 11.7. The summed E-state index contributed by atoms with van der Waals surface area (Å²) in [4.78, 5) is 27.5. The van der Waals surface area contributed by atoms with Crippen LogP contribution in [0.5, 0.6) is 5.75 Å². The van der Waals surface area contributed by atoms with E-state index >= 15 is 0 Å². The molecule has 2 unspecified atom stereocenters. The molecule has 1 aliphatic carbocycles. The minimum Gasteiger partial charge on any atom is -0.497 e. The molecule has 0 aromatic heterocycles. The van der Waals surface area contributed by atoms with Crippen LogP contribution in [0.3, 0.4) is 0 Å². The number of aryl methyl sites for hydroxylation is 2. The highest BCUT2D eigenvalue weighted by Crippen LogP contribution is 2.37. The van der Waals surface area contributed by atoms with Crippen LogP contribution in [0.4, 0.5) is 0 Å². The Bertz CT molecular complexity index is 1090. The van der Waals surface area contributed by atoms with Crippen molar-refractivity contribution in [1.82, 2.24) is 15.5 Å². The highest BCUT2D eigenvalue weighted by molar-refractivity contribution is 5.80. The molecule has 1 aliphatic heterocycles. The fraction of sp³-hybridized carbons (Fsp3) is 0.533. The number of fused-ring (bicyclic) bond motifs is 1. The molecule has 1 saturated heterocycles. The maximum atomic E-state index is 13.3. The Labute approximate surface area is 220 Å². The number of hydrogen-bond donors (Lipinski definition) is 3. The first-order valence-electron chi connectivity index (χ1n) is 13.4. The van der Waals surface area contributed by atoms with Crippen LogP contribution in [-0.2, 0) is 28.9 Å². The van der Waals surface area contributed by atoms with E-state index in [2.05, 4.69) is 48.4 Å². The van der Waals surface area contributed by atoms with Crippen molar-refractivity contribution >= 4 is 11.9 Å². The lowest BCUT2D eigenvalue weighted by Gasteiger charge is -2.31. The molecule has 0 radical (unpaired) electrons. The fourth-order valence-electron chi connectivity index (χ4n) is 5.60. The summed E-state index contributed by atoms with van der Waals surface area (Å²) in [5.74, 6) is -0.142. The predicted octanol–water partition coefficient (Wildman–Crippen LogP) is 3.40. The van der Waals surface area contributed by atoms with Crippen LogP contribution in [0.15, 0.2) is 42.5 Å². The van der Waals surface area contributed by atoms with Crippen molar-refractivity contribution in [3.63, 3.8) is 0 Å². The third-order valence-electron chi connectivity index (χ3n) is 7.87. The SMILES string of the molecule is COc1ccc(C2CN(C(C)(C)C)CC2C(=O)NCCN[C@@H](Cc2ccc3c(c2)CCC3)C(=O)O)cc1. The minimum absolute atomic E-state index is 0.0138. The van der Waals surface area contributed by atoms with E-state index in [4.69, 9.17) is 4.74 Å². The summed E-state index contributed by atoms with van der Waals surface area (Å²) in [6.45, 7) is 8.81. The highest BCUT2D eigenvalue weighted by atomic mass is 16.5. The van der Waals surface area contributed by atoms with Gasteiger partial charge in [0.05, 0.1) is 13.0 Å². The lowest BCUT2D eigenvalue weighted by Crippen LogP contribution is -2.44. The molecule has 3 atom stereocenters. The lowest BCUT2D eigenvalue weighted by molar-refractivity contribution is -0.139. The molecule has 7 heteroatoms. The number of carboxylic acid groups (broad SMARTS) is 1. The summed E-state index contributed by atoms with van der Waals surface area (Å²) in [6, 6.07) is 13.6. The van der Waals surface area contributed by atoms with Crippen LogP contribution < -0.4 is 15.4 Å². The van der Waals surface area contributed by atoms with E-state index in [-0.39, 0.29) is 23.3 Å². The van der Waals surface area contributed by atoms with Crippen molar-refractivity contribution < 1.29 is 19.4 Å². The smallest absolute Gasteiger partial charge is 0.321 e. The van der Waals surface area contributed by atoms with Gasteiger partial charge in [0, 0.05) is 37.6 Å². The average molecular weight is 508 g/mol. The third-order valence-corrected chi connectivity index (χ3v) is 7.87. The number of carbonyl (C=O) groups excluding carboxylic acids is 1. The Balaban J connectivity index is 1.33. The normalized spacial score (nSPS) is 20.4. The van der Waals surface area contributed by atoms with Gasteiger partial charge >= 0.3 is 5.97 Å². The second-order valence-corrected chi connectivity index (χ2v) is 11.4. The topological polar surface area (TPSA) is 90.9 Å². The molecule has 3 N–H and O–H groups in total. The number of nitrogens with one attached hydrogen (secondary N) is 2. The maximum Gasteiger partial charge on any atom is 0.321 e. The molecule has 200 valence electrons. The van der Waals surface area contributed by atoms with Gasteiger partial charge in [-0.25, -0.2) is 0 Å². The summed E-state index contributed by atoms with van der Waals surface area (Å²) in [6.07, 6.45) is 3.79. The van der Waals surface area contributed by atoms with Gasteiger partial charge in [0.2, 0.25) is 5.91 Å². The van der Waals surface area contributed by atoms with Crippen LogP contribution in [-0.4, -0.2) is 66.8 Å². The Hall–Kier alpha value is -2.90. The highest BCUT2D eigenvalue weighted by Gasteiger charge is 2.41. The molecule has 0 saturated carbocycles. The van der Waals surface area contributed by atoms with Crippen molar-refractivity contribution in [2.45, 2.75) is 64.0 Å². The van der Waals surface area contributed by atoms with Crippen molar-refractivity contribution in [1.29, 1.82) is 0 Å². The predicted molar refractivity (Wildman–Crippen MR) is 145 cm³/mol. The molecule has 1 fully saturated rings. The van der Waals surface area contributed by atoms with Gasteiger partial charge in [-0.05, 0) is 80.8 Å². The van der Waals surface area contributed by atoms with Gasteiger partial charge in [0.15, 0.2) is 0 Å². The Morgan fingerprint density at radius 2 is 1.78 bits per heavy atom. The number of benzene rings is 2. The molecule has 37 heavy (non-hydrogen) atoms. The number of likely N-dealkylation sites (tertiary alicyclic amines) is 1. The van der Waals surface area contributed by atoms with Gasteiger partial charge in [-0.3, -0.25) is 14.5 Å². The van der Waals surface area contributed by atoms with Gasteiger partial charge in [0.1, 0.15) is 11.8 Å². The number of carboxylic acids is 1. The summed E-state index contributed by atoms with van der Waals surface area (Å²) >= 11 is 0. The quantitative estimate of drug-likeness (QED) is 0.427. The Kier molecular flexibility index (Phi) is 8.55. The van der Waals surface area contributed by atoms with E-state index in [0.29, 0.717) is 26.1 Å². The van der Waals surface area contributed by atoms with Crippen LogP contribution in [0.25, 0.3) is 0 Å². The second-order valence-electron chi connectivity index (χ2n) is 11.4. The molecule has 1 amide bonds. The van der Waals surface area contributed by atoms with E-state index in [0.717, 1.165) is 36.3 Å². The molecular formula is C30H41N3O4. The van der Waals surface area contributed by atoms with Crippen molar-refractivity contribution in [2.24, 2.45) is 5.92 Å². The summed E-state index contributed by atoms with van der Waals surface area (Å²) in [7, 11) is 1.65. The maximum absolute atomic E-state index is 13.3. The number of methoxy groups -OCH3 is 1. The van der Waals surface area contributed by atoms with E-state index in [9.17, 15) is 14.7 Å². The first kappa shape index (κ1) is 27.1. The van der Waals surface area contributed by atoms with Crippen molar-refractivity contribution in [3.8, 4) is 5.75 Å². The minimum atomic E-state index is -0.872. The van der Waals surface area contributed by atoms with Gasteiger partial charge in [0.25, 0.3) is 0 Å². The molecular weight excluding hydrogens is 466 g/mol. The van der Waals surface area contributed by atoms with Crippen LogP contribution in [0, 0.1) is 5.92 Å². The fourth-order valence-corrected chi connectivity index (χ4v) is 5.60. The largest absolute Gasteiger partial charge is 0.497 e. The molecule has 0 bridgehead atoms. The zero-order valence-corrected chi connectivity index (χ0v) is 22.5. The zero-order chi connectivity index (χ0) is 26.6. The van der Waals surface area contributed by atoms with Crippen LogP contribution in [0.1, 0.15) is 55.4 Å². The number of hydrogen-bond acceptors (Lipinski definition) is 5. The number of nitrogens with zero attached hydrogens (tertiary/aromatic N) is 1. The Morgan fingerprint density at radius 3 is 2.46 bits per heavy atom. The van der Waals surface area contributed by atoms with Crippen LogP contribution >= 0.6 is 0 Å². The number of ether oxygens (including phenoxy) is 1. The van der Waals surface area contributed by atoms with Crippen LogP contribution in [0.2, 0.25) is 0 Å². The van der Waals surface area contributed by atoms with Crippen molar-refractivity contribution in [3.05, 3.63) is 64.7 Å². The Morgan fingerprint density at radius 1 is 1.05 bits per heavy atom. The zero-order valence-electron chi connectivity index (χ0n) is 22.5. The van der Waals surface area contributed by atoms with E-state index in [1.807, 2.05) is 30.3 Å². The molecule has 0 spiro atoms. The number of amides is 1. The molecule has 1 heterocycles. The first-order valence-corrected chi connectivity index (χ1v) is 13.4. The lowest BCUT2D eigenvalue weighted by atomic mass is 9.88. The van der Waals surface area contributed by atoms with Gasteiger partial charge in [-0.2, -0.15) is 0 Å². The van der Waals surface area contributed by atoms with E-state index in [1.54, 1.807) is 7.11 Å².